The largest absolute Gasteiger partial charge is 0.368 e. The molecule has 0 atom stereocenters. The van der Waals surface area contributed by atoms with Crippen LogP contribution in [-0.4, -0.2) is 46.9 Å². The van der Waals surface area contributed by atoms with Crippen molar-refractivity contribution < 1.29 is 4.79 Å². The third kappa shape index (κ3) is 4.27. The first-order valence-electron chi connectivity index (χ1n) is 12.3. The van der Waals surface area contributed by atoms with Crippen molar-refractivity contribution in [2.75, 3.05) is 36.0 Å². The number of Topliss-reactive ketones (excluding diaryl/α,β-unsaturated/α-hetero) is 1. The number of nitriles is 1. The third-order valence-corrected chi connectivity index (χ3v) is 7.31. The highest BCUT2D eigenvalue weighted by molar-refractivity contribution is 5.92. The van der Waals surface area contributed by atoms with Crippen molar-refractivity contribution in [2.45, 2.75) is 19.3 Å². The number of pyridine rings is 1. The lowest BCUT2D eigenvalue weighted by atomic mass is 9.95. The van der Waals surface area contributed by atoms with Crippen molar-refractivity contribution in [1.29, 1.82) is 5.26 Å². The molecular weight excluding hydrogens is 448 g/mol. The van der Waals surface area contributed by atoms with Crippen molar-refractivity contribution >= 4 is 28.3 Å². The summed E-state index contributed by atoms with van der Waals surface area (Å²) in [5.74, 6) is 0.933. The molecule has 0 N–H and O–H groups in total. The van der Waals surface area contributed by atoms with E-state index in [4.69, 9.17) is 4.98 Å². The zero-order valence-corrected chi connectivity index (χ0v) is 20.0. The minimum absolute atomic E-state index is 0.0351. The summed E-state index contributed by atoms with van der Waals surface area (Å²) in [6.07, 6.45) is 7.23. The van der Waals surface area contributed by atoms with Crippen LogP contribution in [0.5, 0.6) is 0 Å². The average Bonchev–Trinajstić information content (AvgIpc) is 3.75. The van der Waals surface area contributed by atoms with Gasteiger partial charge in [0.25, 0.3) is 0 Å². The minimum atomic E-state index is -0.723. The van der Waals surface area contributed by atoms with E-state index in [0.717, 1.165) is 59.7 Å². The average molecular weight is 475 g/mol. The van der Waals surface area contributed by atoms with Crippen molar-refractivity contribution in [3.05, 3.63) is 78.8 Å². The second kappa shape index (κ2) is 9.04. The molecule has 7 heteroatoms. The first-order valence-corrected chi connectivity index (χ1v) is 12.3. The van der Waals surface area contributed by atoms with Gasteiger partial charge in [-0.1, -0.05) is 30.3 Å². The number of carbonyl (C=O) groups excluding carboxylic acids is 1. The molecular formula is C29H26N6O. The second-order valence-corrected chi connectivity index (χ2v) is 9.60. The Morgan fingerprint density at radius 2 is 1.58 bits per heavy atom. The van der Waals surface area contributed by atoms with E-state index in [1.165, 1.54) is 5.69 Å². The van der Waals surface area contributed by atoms with Gasteiger partial charge in [0.2, 0.25) is 0 Å². The molecule has 2 aromatic heterocycles. The SMILES string of the molecule is N#CC1(C(=O)Cc2ccc(-c3ccc4ncc(N5CCN(c6ccncc6)CC5)nc4c3)cc2)CC1. The summed E-state index contributed by atoms with van der Waals surface area (Å²) in [4.78, 5) is 30.8. The molecule has 2 fully saturated rings. The predicted octanol–water partition coefficient (Wildman–Crippen LogP) is 4.43. The monoisotopic (exact) mass is 474 g/mol. The van der Waals surface area contributed by atoms with Gasteiger partial charge in [-0.25, -0.2) is 4.98 Å². The zero-order valence-electron chi connectivity index (χ0n) is 20.0. The Kier molecular flexibility index (Phi) is 5.57. The fourth-order valence-corrected chi connectivity index (χ4v) is 4.83. The lowest BCUT2D eigenvalue weighted by Crippen LogP contribution is -2.46. The maximum atomic E-state index is 12.4. The van der Waals surface area contributed by atoms with Gasteiger partial charge in [-0.3, -0.25) is 14.8 Å². The molecule has 0 unspecified atom stereocenters. The van der Waals surface area contributed by atoms with Gasteiger partial charge in [0, 0.05) is 50.7 Å². The fourth-order valence-electron chi connectivity index (χ4n) is 4.83. The molecule has 0 bridgehead atoms. The lowest BCUT2D eigenvalue weighted by molar-refractivity contribution is -0.121. The molecule has 0 radical (unpaired) electrons. The summed E-state index contributed by atoms with van der Waals surface area (Å²) >= 11 is 0. The van der Waals surface area contributed by atoms with Crippen LogP contribution in [0.1, 0.15) is 18.4 Å². The number of rotatable bonds is 6. The Bertz CT molecular complexity index is 1450. The van der Waals surface area contributed by atoms with Gasteiger partial charge in [0.1, 0.15) is 11.2 Å². The van der Waals surface area contributed by atoms with Gasteiger partial charge in [-0.15, -0.1) is 0 Å². The van der Waals surface area contributed by atoms with Gasteiger partial charge in [-0.05, 0) is 53.8 Å². The number of carbonyl (C=O) groups is 1. The molecule has 2 aliphatic rings. The van der Waals surface area contributed by atoms with E-state index >= 15 is 0 Å². The van der Waals surface area contributed by atoms with E-state index in [9.17, 15) is 10.1 Å². The molecule has 0 spiro atoms. The first-order chi connectivity index (χ1) is 17.6. The number of aromatic nitrogens is 3. The number of fused-ring (bicyclic) bond motifs is 1. The number of hydrogen-bond acceptors (Lipinski definition) is 7. The second-order valence-electron chi connectivity index (χ2n) is 9.60. The van der Waals surface area contributed by atoms with Crippen LogP contribution in [0.3, 0.4) is 0 Å². The van der Waals surface area contributed by atoms with Crippen molar-refractivity contribution in [3.63, 3.8) is 0 Å². The number of nitrogens with zero attached hydrogens (tertiary/aromatic N) is 6. The predicted molar refractivity (Wildman–Crippen MR) is 140 cm³/mol. The van der Waals surface area contributed by atoms with E-state index in [1.54, 1.807) is 0 Å². The molecule has 36 heavy (non-hydrogen) atoms. The summed E-state index contributed by atoms with van der Waals surface area (Å²) < 4.78 is 0. The lowest BCUT2D eigenvalue weighted by Gasteiger charge is -2.36. The molecule has 1 saturated carbocycles. The highest BCUT2D eigenvalue weighted by atomic mass is 16.1. The van der Waals surface area contributed by atoms with Crippen LogP contribution in [0.15, 0.2) is 73.2 Å². The van der Waals surface area contributed by atoms with Crippen LogP contribution in [-0.2, 0) is 11.2 Å². The van der Waals surface area contributed by atoms with Crippen molar-refractivity contribution in [2.24, 2.45) is 5.41 Å². The highest BCUT2D eigenvalue weighted by Gasteiger charge is 2.49. The highest BCUT2D eigenvalue weighted by Crippen LogP contribution is 2.46. The molecule has 6 rings (SSSR count). The van der Waals surface area contributed by atoms with Gasteiger partial charge < -0.3 is 9.80 Å². The Balaban J connectivity index is 1.17. The quantitative estimate of drug-likeness (QED) is 0.408. The normalized spacial score (nSPS) is 16.5. The standard InChI is InChI=1S/C29H26N6O/c30-20-29(9-10-29)27(36)17-21-1-3-22(4-2-21)23-5-6-25-26(18-23)33-28(19-32-25)35-15-13-34(14-16-35)24-7-11-31-12-8-24/h1-8,11-12,18-19H,9-10,13-17H2. The van der Waals surface area contributed by atoms with E-state index < -0.39 is 5.41 Å². The maximum Gasteiger partial charge on any atom is 0.157 e. The van der Waals surface area contributed by atoms with Crippen molar-refractivity contribution in [3.8, 4) is 17.2 Å². The minimum Gasteiger partial charge on any atom is -0.368 e. The van der Waals surface area contributed by atoms with Crippen LogP contribution in [0.2, 0.25) is 0 Å². The van der Waals surface area contributed by atoms with Crippen LogP contribution in [0.4, 0.5) is 11.5 Å². The number of anilines is 2. The zero-order chi connectivity index (χ0) is 24.5. The van der Waals surface area contributed by atoms with Gasteiger partial charge in [0.05, 0.1) is 23.3 Å². The van der Waals surface area contributed by atoms with Crippen molar-refractivity contribution in [1.82, 2.24) is 15.0 Å². The van der Waals surface area contributed by atoms with E-state index in [0.29, 0.717) is 19.3 Å². The van der Waals surface area contributed by atoms with Gasteiger partial charge in [-0.2, -0.15) is 5.26 Å². The molecule has 1 aliphatic carbocycles. The summed E-state index contributed by atoms with van der Waals surface area (Å²) in [5.41, 5.74) is 5.28. The number of hydrogen-bond donors (Lipinski definition) is 0. The summed E-state index contributed by atoms with van der Waals surface area (Å²) in [5, 5.41) is 9.26. The Morgan fingerprint density at radius 3 is 2.28 bits per heavy atom. The molecule has 1 saturated heterocycles. The van der Waals surface area contributed by atoms with E-state index in [2.05, 4.69) is 38.0 Å². The Hall–Kier alpha value is -4.31. The molecule has 3 heterocycles. The fraction of sp³-hybridized carbons (Fsp3) is 0.276. The summed E-state index contributed by atoms with van der Waals surface area (Å²) in [7, 11) is 0. The van der Waals surface area contributed by atoms with Gasteiger partial charge >= 0.3 is 0 Å². The molecule has 7 nitrogen and oxygen atoms in total. The Labute approximate surface area is 210 Å². The number of piperazine rings is 1. The molecule has 178 valence electrons. The number of ketones is 1. The topological polar surface area (TPSA) is 86.0 Å². The van der Waals surface area contributed by atoms with E-state index in [-0.39, 0.29) is 5.78 Å². The third-order valence-electron chi connectivity index (χ3n) is 7.31. The molecule has 4 aromatic rings. The molecule has 1 aliphatic heterocycles. The van der Waals surface area contributed by atoms with Gasteiger partial charge in [0.15, 0.2) is 5.78 Å². The maximum absolute atomic E-state index is 12.4. The molecule has 0 amide bonds. The van der Waals surface area contributed by atoms with Crippen LogP contribution >= 0.6 is 0 Å². The van der Waals surface area contributed by atoms with Crippen LogP contribution in [0, 0.1) is 16.7 Å². The smallest absolute Gasteiger partial charge is 0.157 e. The van der Waals surface area contributed by atoms with Crippen LogP contribution in [0.25, 0.3) is 22.2 Å². The first kappa shape index (κ1) is 22.2. The number of benzene rings is 2. The summed E-state index contributed by atoms with van der Waals surface area (Å²) in [6, 6.07) is 20.5. The Morgan fingerprint density at radius 1 is 0.889 bits per heavy atom. The molecule has 2 aromatic carbocycles. The summed E-state index contributed by atoms with van der Waals surface area (Å²) in [6.45, 7) is 3.62. The van der Waals surface area contributed by atoms with Crippen LogP contribution < -0.4 is 9.80 Å². The van der Waals surface area contributed by atoms with E-state index in [1.807, 2.05) is 61.1 Å².